The van der Waals surface area contributed by atoms with Gasteiger partial charge in [0, 0.05) is 0 Å². The van der Waals surface area contributed by atoms with E-state index >= 15 is 0 Å². The second-order valence-corrected chi connectivity index (χ2v) is 4.99. The van der Waals surface area contributed by atoms with E-state index in [9.17, 15) is 5.11 Å². The minimum Gasteiger partial charge on any atom is -0.393 e. The van der Waals surface area contributed by atoms with Crippen molar-refractivity contribution in [2.24, 2.45) is 11.3 Å². The van der Waals surface area contributed by atoms with Gasteiger partial charge in [-0.15, -0.1) is 0 Å². The van der Waals surface area contributed by atoms with Crippen molar-refractivity contribution in [3.63, 3.8) is 0 Å². The van der Waals surface area contributed by atoms with Crippen molar-refractivity contribution < 1.29 is 5.11 Å². The molecular formula is C11H21NO. The van der Waals surface area contributed by atoms with Crippen LogP contribution in [0.5, 0.6) is 0 Å². The summed E-state index contributed by atoms with van der Waals surface area (Å²) in [5.74, 6) is 0.795. The first-order chi connectivity index (χ1) is 6.15. The molecule has 1 atom stereocenters. The average Bonchev–Trinajstić information content (AvgIpc) is 2.86. The third kappa shape index (κ3) is 1.62. The zero-order chi connectivity index (χ0) is 9.47. The molecular weight excluding hydrogens is 162 g/mol. The number of nitrogens with zero attached hydrogens (tertiary/aromatic N) is 1. The van der Waals surface area contributed by atoms with Gasteiger partial charge in [0.1, 0.15) is 0 Å². The zero-order valence-electron chi connectivity index (χ0n) is 8.79. The molecule has 2 heteroatoms. The first-order valence-electron chi connectivity index (χ1n) is 5.52. The molecule has 76 valence electrons. The topological polar surface area (TPSA) is 23.5 Å². The van der Waals surface area contributed by atoms with Crippen molar-refractivity contribution >= 4 is 0 Å². The molecule has 1 unspecified atom stereocenters. The van der Waals surface area contributed by atoms with Crippen molar-refractivity contribution in [1.29, 1.82) is 0 Å². The molecule has 1 aliphatic carbocycles. The summed E-state index contributed by atoms with van der Waals surface area (Å²) in [4.78, 5) is 2.40. The second-order valence-electron chi connectivity index (χ2n) is 4.99. The molecule has 0 amide bonds. The molecule has 0 aromatic heterocycles. The van der Waals surface area contributed by atoms with E-state index in [1.54, 1.807) is 0 Å². The largest absolute Gasteiger partial charge is 0.393 e. The SMILES string of the molecule is CC(O)C1(C2CCN(C)CC2)CC1. The van der Waals surface area contributed by atoms with Gasteiger partial charge in [-0.25, -0.2) is 0 Å². The fourth-order valence-electron chi connectivity index (χ4n) is 2.89. The van der Waals surface area contributed by atoms with Crippen molar-refractivity contribution in [3.8, 4) is 0 Å². The van der Waals surface area contributed by atoms with Crippen LogP contribution in [0.4, 0.5) is 0 Å². The van der Waals surface area contributed by atoms with Gasteiger partial charge in [0.2, 0.25) is 0 Å². The molecule has 0 bridgehead atoms. The number of hydrogen-bond donors (Lipinski definition) is 1. The highest BCUT2D eigenvalue weighted by Crippen LogP contribution is 2.57. The lowest BCUT2D eigenvalue weighted by Crippen LogP contribution is -2.37. The quantitative estimate of drug-likeness (QED) is 0.701. The van der Waals surface area contributed by atoms with E-state index in [-0.39, 0.29) is 6.10 Å². The maximum atomic E-state index is 9.75. The monoisotopic (exact) mass is 183 g/mol. The summed E-state index contributed by atoms with van der Waals surface area (Å²) in [5.41, 5.74) is 0.335. The van der Waals surface area contributed by atoms with Crippen LogP contribution in [0.25, 0.3) is 0 Å². The zero-order valence-corrected chi connectivity index (χ0v) is 8.79. The molecule has 0 radical (unpaired) electrons. The molecule has 1 saturated heterocycles. The first kappa shape index (κ1) is 9.47. The highest BCUT2D eigenvalue weighted by atomic mass is 16.3. The van der Waals surface area contributed by atoms with Crippen LogP contribution in [0.1, 0.15) is 32.6 Å². The van der Waals surface area contributed by atoms with Crippen molar-refractivity contribution in [2.45, 2.75) is 38.7 Å². The number of aliphatic hydroxyl groups excluding tert-OH is 1. The Hall–Kier alpha value is -0.0800. The van der Waals surface area contributed by atoms with Crippen molar-refractivity contribution in [3.05, 3.63) is 0 Å². The van der Waals surface area contributed by atoms with E-state index in [0.29, 0.717) is 5.41 Å². The molecule has 2 rings (SSSR count). The van der Waals surface area contributed by atoms with Crippen LogP contribution in [0.3, 0.4) is 0 Å². The molecule has 1 saturated carbocycles. The summed E-state index contributed by atoms with van der Waals surface area (Å²) in [6, 6.07) is 0. The molecule has 1 heterocycles. The summed E-state index contributed by atoms with van der Waals surface area (Å²) in [6.07, 6.45) is 5.03. The molecule has 2 fully saturated rings. The fourth-order valence-corrected chi connectivity index (χ4v) is 2.89. The minimum absolute atomic E-state index is 0.0825. The first-order valence-corrected chi connectivity index (χ1v) is 5.52. The highest BCUT2D eigenvalue weighted by Gasteiger charge is 2.52. The van der Waals surface area contributed by atoms with E-state index in [1.807, 2.05) is 6.92 Å². The molecule has 0 aromatic carbocycles. The van der Waals surface area contributed by atoms with Gasteiger partial charge >= 0.3 is 0 Å². The van der Waals surface area contributed by atoms with Crippen LogP contribution in [0, 0.1) is 11.3 Å². The molecule has 1 aliphatic heterocycles. The lowest BCUT2D eigenvalue weighted by Gasteiger charge is -2.36. The Kier molecular flexibility index (Phi) is 2.37. The van der Waals surface area contributed by atoms with Gasteiger partial charge in [0.05, 0.1) is 6.10 Å². The summed E-state index contributed by atoms with van der Waals surface area (Å²) in [7, 11) is 2.19. The predicted molar refractivity (Wildman–Crippen MR) is 53.6 cm³/mol. The number of likely N-dealkylation sites (tertiary alicyclic amines) is 1. The number of aliphatic hydroxyl groups is 1. The minimum atomic E-state index is -0.0825. The lowest BCUT2D eigenvalue weighted by atomic mass is 9.78. The van der Waals surface area contributed by atoms with E-state index in [2.05, 4.69) is 11.9 Å². The number of hydrogen-bond acceptors (Lipinski definition) is 2. The van der Waals surface area contributed by atoms with Crippen LogP contribution in [0.2, 0.25) is 0 Å². The predicted octanol–water partition coefficient (Wildman–Crippen LogP) is 1.49. The summed E-state index contributed by atoms with van der Waals surface area (Å²) < 4.78 is 0. The van der Waals surface area contributed by atoms with Crippen LogP contribution in [-0.4, -0.2) is 36.2 Å². The standard InChI is InChI=1S/C11H21NO/c1-9(13)11(5-6-11)10-3-7-12(2)8-4-10/h9-10,13H,3-8H2,1-2H3. The highest BCUT2D eigenvalue weighted by molar-refractivity contribution is 5.02. The van der Waals surface area contributed by atoms with Gasteiger partial charge in [-0.05, 0) is 64.1 Å². The van der Waals surface area contributed by atoms with Crippen molar-refractivity contribution in [2.75, 3.05) is 20.1 Å². The lowest BCUT2D eigenvalue weighted by molar-refractivity contribution is 0.0418. The molecule has 0 spiro atoms. The van der Waals surface area contributed by atoms with E-state index in [4.69, 9.17) is 0 Å². The van der Waals surface area contributed by atoms with Gasteiger partial charge < -0.3 is 10.0 Å². The molecule has 1 N–H and O–H groups in total. The van der Waals surface area contributed by atoms with Crippen LogP contribution in [0.15, 0.2) is 0 Å². The third-order valence-electron chi connectivity index (χ3n) is 4.19. The summed E-state index contributed by atoms with van der Waals surface area (Å²) in [5, 5.41) is 9.75. The second kappa shape index (κ2) is 3.25. The summed E-state index contributed by atoms with van der Waals surface area (Å²) >= 11 is 0. The Morgan fingerprint density at radius 3 is 2.23 bits per heavy atom. The Bertz CT molecular complexity index is 179. The maximum Gasteiger partial charge on any atom is 0.0570 e. The number of rotatable bonds is 2. The van der Waals surface area contributed by atoms with Crippen LogP contribution < -0.4 is 0 Å². The fraction of sp³-hybridized carbons (Fsp3) is 1.00. The molecule has 2 aliphatic rings. The Balaban J connectivity index is 1.94. The number of piperidine rings is 1. The normalized spacial score (nSPS) is 31.6. The van der Waals surface area contributed by atoms with Crippen LogP contribution >= 0.6 is 0 Å². The van der Waals surface area contributed by atoms with Gasteiger partial charge in [-0.3, -0.25) is 0 Å². The van der Waals surface area contributed by atoms with Crippen LogP contribution in [-0.2, 0) is 0 Å². The maximum absolute atomic E-state index is 9.75. The Labute approximate surface area is 80.9 Å². The van der Waals surface area contributed by atoms with Gasteiger partial charge in [-0.1, -0.05) is 0 Å². The molecule has 13 heavy (non-hydrogen) atoms. The van der Waals surface area contributed by atoms with Gasteiger partial charge in [0.15, 0.2) is 0 Å². The van der Waals surface area contributed by atoms with Gasteiger partial charge in [-0.2, -0.15) is 0 Å². The molecule has 2 nitrogen and oxygen atoms in total. The Morgan fingerprint density at radius 2 is 1.85 bits per heavy atom. The van der Waals surface area contributed by atoms with E-state index in [0.717, 1.165) is 5.92 Å². The Morgan fingerprint density at radius 1 is 1.31 bits per heavy atom. The van der Waals surface area contributed by atoms with Crippen molar-refractivity contribution in [1.82, 2.24) is 4.90 Å². The van der Waals surface area contributed by atoms with E-state index < -0.39 is 0 Å². The average molecular weight is 183 g/mol. The smallest absolute Gasteiger partial charge is 0.0570 e. The molecule has 0 aromatic rings. The van der Waals surface area contributed by atoms with E-state index in [1.165, 1.54) is 38.8 Å². The van der Waals surface area contributed by atoms with Gasteiger partial charge in [0.25, 0.3) is 0 Å². The summed E-state index contributed by atoms with van der Waals surface area (Å²) in [6.45, 7) is 4.42. The third-order valence-corrected chi connectivity index (χ3v) is 4.19.